The fourth-order valence-corrected chi connectivity index (χ4v) is 2.75. The fraction of sp³-hybridized carbons (Fsp3) is 0.333. The number of carbonyl (C=O) groups excluding carboxylic acids is 2. The Balaban J connectivity index is 1.72. The summed E-state index contributed by atoms with van der Waals surface area (Å²) in [6.07, 6.45) is 5.54. The lowest BCUT2D eigenvalue weighted by molar-refractivity contribution is -0.119. The zero-order valence-corrected chi connectivity index (χ0v) is 11.3. The smallest absolute Gasteiger partial charge is 0.276 e. The largest absolute Gasteiger partial charge is 0.451 e. The van der Waals surface area contributed by atoms with Crippen LogP contribution in [0.2, 0.25) is 0 Å². The summed E-state index contributed by atoms with van der Waals surface area (Å²) in [5.41, 5.74) is 0.221. The van der Waals surface area contributed by atoms with Crippen LogP contribution in [0.15, 0.2) is 28.7 Å². The Morgan fingerprint density at radius 3 is 3.05 bits per heavy atom. The summed E-state index contributed by atoms with van der Waals surface area (Å²) >= 11 is 1.34. The molecule has 0 aliphatic carbocycles. The summed E-state index contributed by atoms with van der Waals surface area (Å²) < 4.78 is 4.81. The number of amides is 2. The molecule has 0 radical (unpaired) electrons. The van der Waals surface area contributed by atoms with Gasteiger partial charge in [0.2, 0.25) is 5.91 Å². The van der Waals surface area contributed by atoms with Crippen LogP contribution >= 0.6 is 11.3 Å². The van der Waals surface area contributed by atoms with Crippen molar-refractivity contribution in [2.75, 3.05) is 11.9 Å². The number of likely N-dealkylation sites (tertiary alicyclic amines) is 1. The zero-order chi connectivity index (χ0) is 13.9. The summed E-state index contributed by atoms with van der Waals surface area (Å²) in [5, 5.41) is 5.04. The van der Waals surface area contributed by atoms with Gasteiger partial charge >= 0.3 is 0 Å². The average Bonchev–Trinajstić information content (AvgIpc) is 3.19. The van der Waals surface area contributed by atoms with Crippen molar-refractivity contribution >= 4 is 28.3 Å². The van der Waals surface area contributed by atoms with E-state index in [0.717, 1.165) is 6.42 Å². The van der Waals surface area contributed by atoms with Crippen LogP contribution in [0, 0.1) is 0 Å². The Hall–Kier alpha value is -2.22. The molecule has 0 spiro atoms. The molecule has 1 aliphatic heterocycles. The van der Waals surface area contributed by atoms with Gasteiger partial charge in [-0.25, -0.2) is 9.97 Å². The Kier molecular flexibility index (Phi) is 3.46. The molecular weight excluding hydrogens is 280 g/mol. The van der Waals surface area contributed by atoms with Crippen LogP contribution in [0.1, 0.15) is 23.3 Å². The first-order valence-corrected chi connectivity index (χ1v) is 7.03. The van der Waals surface area contributed by atoms with E-state index in [9.17, 15) is 9.59 Å². The lowest BCUT2D eigenvalue weighted by atomic mass is 10.2. The lowest BCUT2D eigenvalue weighted by Crippen LogP contribution is -2.43. The van der Waals surface area contributed by atoms with Gasteiger partial charge in [0.05, 0.1) is 0 Å². The molecule has 2 aromatic heterocycles. The number of nitrogens with one attached hydrogen (secondary N) is 1. The van der Waals surface area contributed by atoms with Crippen LogP contribution in [0.4, 0.5) is 5.13 Å². The van der Waals surface area contributed by atoms with Crippen molar-refractivity contribution in [3.05, 3.63) is 29.9 Å². The molecule has 20 heavy (non-hydrogen) atoms. The molecule has 1 N–H and O–H groups in total. The van der Waals surface area contributed by atoms with Gasteiger partial charge in [-0.15, -0.1) is 11.3 Å². The monoisotopic (exact) mass is 292 g/mol. The third-order valence-electron chi connectivity index (χ3n) is 3.13. The Labute approximate surface area is 118 Å². The molecule has 0 saturated carbocycles. The Morgan fingerprint density at radius 1 is 1.45 bits per heavy atom. The zero-order valence-electron chi connectivity index (χ0n) is 10.5. The molecule has 1 saturated heterocycles. The van der Waals surface area contributed by atoms with Gasteiger partial charge < -0.3 is 14.6 Å². The van der Waals surface area contributed by atoms with Gasteiger partial charge in [0.15, 0.2) is 17.2 Å². The maximum Gasteiger partial charge on any atom is 0.276 e. The molecule has 3 rings (SSSR count). The van der Waals surface area contributed by atoms with Crippen molar-refractivity contribution in [3.8, 4) is 0 Å². The van der Waals surface area contributed by atoms with Crippen LogP contribution in [-0.4, -0.2) is 39.3 Å². The summed E-state index contributed by atoms with van der Waals surface area (Å²) in [7, 11) is 0. The molecule has 2 amide bonds. The van der Waals surface area contributed by atoms with E-state index in [1.54, 1.807) is 11.6 Å². The number of aromatic nitrogens is 2. The number of rotatable bonds is 3. The second-order valence-corrected chi connectivity index (χ2v) is 5.25. The minimum absolute atomic E-state index is 0.214. The maximum atomic E-state index is 12.2. The number of nitrogens with zero attached hydrogens (tertiary/aromatic N) is 3. The fourth-order valence-electron chi connectivity index (χ4n) is 2.22. The number of hydrogen-bond donors (Lipinski definition) is 1. The van der Waals surface area contributed by atoms with Gasteiger partial charge in [0.1, 0.15) is 12.3 Å². The summed E-state index contributed by atoms with van der Waals surface area (Å²) in [4.78, 5) is 33.8. The first kappa shape index (κ1) is 12.8. The highest BCUT2D eigenvalue weighted by atomic mass is 32.1. The van der Waals surface area contributed by atoms with E-state index >= 15 is 0 Å². The van der Waals surface area contributed by atoms with Gasteiger partial charge in [-0.3, -0.25) is 9.59 Å². The van der Waals surface area contributed by atoms with E-state index in [4.69, 9.17) is 4.42 Å². The molecule has 7 nitrogen and oxygen atoms in total. The third-order valence-corrected chi connectivity index (χ3v) is 3.82. The molecule has 1 fully saturated rings. The van der Waals surface area contributed by atoms with Gasteiger partial charge in [0.25, 0.3) is 5.91 Å². The molecule has 8 heteroatoms. The van der Waals surface area contributed by atoms with Crippen molar-refractivity contribution in [1.82, 2.24) is 14.9 Å². The second kappa shape index (κ2) is 5.41. The predicted molar refractivity (Wildman–Crippen MR) is 71.3 cm³/mol. The van der Waals surface area contributed by atoms with E-state index in [1.165, 1.54) is 28.9 Å². The van der Waals surface area contributed by atoms with Crippen molar-refractivity contribution in [3.63, 3.8) is 0 Å². The number of thiazole rings is 1. The second-order valence-electron chi connectivity index (χ2n) is 4.36. The van der Waals surface area contributed by atoms with E-state index in [0.29, 0.717) is 18.1 Å². The molecule has 1 atom stereocenters. The first-order chi connectivity index (χ1) is 9.75. The van der Waals surface area contributed by atoms with Crippen LogP contribution in [0.5, 0.6) is 0 Å². The summed E-state index contributed by atoms with van der Waals surface area (Å²) in [5.74, 6) is -0.496. The minimum atomic E-state index is -0.483. The number of oxazole rings is 1. The molecule has 0 bridgehead atoms. The van der Waals surface area contributed by atoms with E-state index < -0.39 is 6.04 Å². The van der Waals surface area contributed by atoms with Crippen molar-refractivity contribution < 1.29 is 14.0 Å². The standard InChI is InChI=1S/C12H12N4O3S/c17-10(15-12-13-3-5-20-12)9-2-1-4-16(9)11(18)8-6-19-7-14-8/h3,5-7,9H,1-2,4H2,(H,13,15,17). The van der Waals surface area contributed by atoms with Crippen molar-refractivity contribution in [2.24, 2.45) is 0 Å². The Morgan fingerprint density at radius 2 is 2.35 bits per heavy atom. The van der Waals surface area contributed by atoms with Gasteiger partial charge in [-0.2, -0.15) is 0 Å². The highest BCUT2D eigenvalue weighted by Gasteiger charge is 2.35. The number of hydrogen-bond acceptors (Lipinski definition) is 6. The average molecular weight is 292 g/mol. The van der Waals surface area contributed by atoms with Crippen molar-refractivity contribution in [2.45, 2.75) is 18.9 Å². The van der Waals surface area contributed by atoms with Crippen LogP contribution in [0.25, 0.3) is 0 Å². The van der Waals surface area contributed by atoms with Crippen LogP contribution in [0.3, 0.4) is 0 Å². The molecule has 104 valence electrons. The van der Waals surface area contributed by atoms with Gasteiger partial charge in [-0.1, -0.05) is 0 Å². The van der Waals surface area contributed by atoms with Crippen molar-refractivity contribution in [1.29, 1.82) is 0 Å². The van der Waals surface area contributed by atoms with Crippen LogP contribution in [-0.2, 0) is 4.79 Å². The highest BCUT2D eigenvalue weighted by molar-refractivity contribution is 7.13. The Bertz CT molecular complexity index is 596. The minimum Gasteiger partial charge on any atom is -0.451 e. The highest BCUT2D eigenvalue weighted by Crippen LogP contribution is 2.21. The van der Waals surface area contributed by atoms with Gasteiger partial charge in [-0.05, 0) is 12.8 Å². The van der Waals surface area contributed by atoms with E-state index in [-0.39, 0.29) is 17.5 Å². The van der Waals surface area contributed by atoms with E-state index in [1.807, 2.05) is 0 Å². The summed E-state index contributed by atoms with van der Waals surface area (Å²) in [6.45, 7) is 0.543. The first-order valence-electron chi connectivity index (χ1n) is 6.15. The molecule has 2 aromatic rings. The molecule has 1 unspecified atom stereocenters. The molecule has 1 aliphatic rings. The lowest BCUT2D eigenvalue weighted by Gasteiger charge is -2.22. The predicted octanol–water partition coefficient (Wildman–Crippen LogP) is 1.37. The number of anilines is 1. The SMILES string of the molecule is O=C(Nc1nccs1)C1CCCN1C(=O)c1cocn1. The third kappa shape index (κ3) is 2.42. The topological polar surface area (TPSA) is 88.3 Å². The quantitative estimate of drug-likeness (QED) is 0.923. The maximum absolute atomic E-state index is 12.2. The van der Waals surface area contributed by atoms with Gasteiger partial charge in [0, 0.05) is 18.1 Å². The number of carbonyl (C=O) groups is 2. The summed E-state index contributed by atoms with van der Waals surface area (Å²) in [6, 6.07) is -0.483. The molecule has 3 heterocycles. The van der Waals surface area contributed by atoms with E-state index in [2.05, 4.69) is 15.3 Å². The molecular formula is C12H12N4O3S. The molecule has 0 aromatic carbocycles. The van der Waals surface area contributed by atoms with Crippen LogP contribution < -0.4 is 5.32 Å². The normalized spacial score (nSPS) is 18.2.